The van der Waals surface area contributed by atoms with Gasteiger partial charge in [-0.15, -0.1) is 0 Å². The van der Waals surface area contributed by atoms with Crippen molar-refractivity contribution in [3.63, 3.8) is 0 Å². The summed E-state index contributed by atoms with van der Waals surface area (Å²) in [6, 6.07) is 5.47. The minimum absolute atomic E-state index is 0.0169. The fourth-order valence-corrected chi connectivity index (χ4v) is 2.67. The summed E-state index contributed by atoms with van der Waals surface area (Å²) in [5.41, 5.74) is 3.93. The molecule has 6 nitrogen and oxygen atoms in total. The van der Waals surface area contributed by atoms with Gasteiger partial charge in [-0.25, -0.2) is 15.0 Å². The van der Waals surface area contributed by atoms with Gasteiger partial charge in [-0.1, -0.05) is 13.8 Å². The van der Waals surface area contributed by atoms with Crippen LogP contribution in [0.4, 0.5) is 0 Å². The van der Waals surface area contributed by atoms with Crippen molar-refractivity contribution in [1.82, 2.24) is 24.8 Å². The van der Waals surface area contributed by atoms with Crippen LogP contribution >= 0.6 is 0 Å². The standard InChI is InChI=1S/C19H23N5O/c1-12(2)18(10-24-8-7-20-11-24)23-19(25)15-5-6-16-17(9-15)22-14(4)13(3)21-16/h5-9,11-12,18H,10H2,1-4H3,(H,23,25)/t18-/m1/s1. The van der Waals surface area contributed by atoms with E-state index in [0.29, 0.717) is 18.0 Å². The number of hydrogen-bond acceptors (Lipinski definition) is 4. The second-order valence-electron chi connectivity index (χ2n) is 6.68. The Hall–Kier alpha value is -2.76. The van der Waals surface area contributed by atoms with Crippen LogP contribution in [0.25, 0.3) is 11.0 Å². The fraction of sp³-hybridized carbons (Fsp3) is 0.368. The van der Waals surface area contributed by atoms with Gasteiger partial charge < -0.3 is 9.88 Å². The lowest BCUT2D eigenvalue weighted by molar-refractivity contribution is 0.0920. The minimum Gasteiger partial charge on any atom is -0.347 e. The quantitative estimate of drug-likeness (QED) is 0.777. The van der Waals surface area contributed by atoms with Gasteiger partial charge in [0.25, 0.3) is 5.91 Å². The van der Waals surface area contributed by atoms with E-state index >= 15 is 0 Å². The molecular weight excluding hydrogens is 314 g/mol. The number of hydrogen-bond donors (Lipinski definition) is 1. The minimum atomic E-state index is -0.0965. The van der Waals surface area contributed by atoms with E-state index in [1.54, 1.807) is 24.7 Å². The van der Waals surface area contributed by atoms with Crippen LogP contribution in [0.1, 0.15) is 35.6 Å². The highest BCUT2D eigenvalue weighted by molar-refractivity contribution is 5.97. The number of fused-ring (bicyclic) bond motifs is 1. The molecule has 0 aliphatic rings. The van der Waals surface area contributed by atoms with Crippen molar-refractivity contribution in [2.24, 2.45) is 5.92 Å². The van der Waals surface area contributed by atoms with Gasteiger partial charge in [0, 0.05) is 30.5 Å². The molecule has 3 rings (SSSR count). The first-order chi connectivity index (χ1) is 11.9. The molecule has 1 amide bonds. The number of rotatable bonds is 5. The van der Waals surface area contributed by atoms with Crippen LogP contribution in [0.2, 0.25) is 0 Å². The molecule has 0 aliphatic heterocycles. The molecular formula is C19H23N5O. The lowest BCUT2D eigenvalue weighted by Crippen LogP contribution is -2.41. The van der Waals surface area contributed by atoms with Gasteiger partial charge in [-0.05, 0) is 38.0 Å². The molecule has 3 aromatic rings. The predicted octanol–water partition coefficient (Wildman–Crippen LogP) is 2.90. The molecule has 0 bridgehead atoms. The zero-order valence-electron chi connectivity index (χ0n) is 15.0. The van der Waals surface area contributed by atoms with Gasteiger partial charge in [0.1, 0.15) is 0 Å². The second-order valence-corrected chi connectivity index (χ2v) is 6.68. The van der Waals surface area contributed by atoms with Crippen molar-refractivity contribution >= 4 is 16.9 Å². The summed E-state index contributed by atoms with van der Waals surface area (Å²) in [5, 5.41) is 3.13. The van der Waals surface area contributed by atoms with Crippen LogP contribution in [-0.2, 0) is 6.54 Å². The van der Waals surface area contributed by atoms with Gasteiger partial charge in [-0.2, -0.15) is 0 Å². The number of aryl methyl sites for hydroxylation is 2. The first kappa shape index (κ1) is 17.1. The molecule has 0 saturated carbocycles. The molecule has 2 aromatic heterocycles. The average molecular weight is 337 g/mol. The van der Waals surface area contributed by atoms with Gasteiger partial charge in [0.15, 0.2) is 0 Å². The predicted molar refractivity (Wildman–Crippen MR) is 97.3 cm³/mol. The van der Waals surface area contributed by atoms with E-state index in [4.69, 9.17) is 0 Å². The maximum atomic E-state index is 12.7. The van der Waals surface area contributed by atoms with Crippen LogP contribution < -0.4 is 5.32 Å². The zero-order chi connectivity index (χ0) is 18.0. The van der Waals surface area contributed by atoms with Crippen LogP contribution in [0.15, 0.2) is 36.9 Å². The highest BCUT2D eigenvalue weighted by atomic mass is 16.1. The number of aromatic nitrogens is 4. The van der Waals surface area contributed by atoms with E-state index in [0.717, 1.165) is 22.4 Å². The average Bonchev–Trinajstić information content (AvgIpc) is 3.07. The molecule has 0 aliphatic carbocycles. The Morgan fingerprint density at radius 2 is 1.88 bits per heavy atom. The molecule has 6 heteroatoms. The molecule has 1 N–H and O–H groups in total. The maximum Gasteiger partial charge on any atom is 0.251 e. The Labute approximate surface area is 147 Å². The van der Waals surface area contributed by atoms with Crippen molar-refractivity contribution < 1.29 is 4.79 Å². The number of amides is 1. The molecule has 1 aromatic carbocycles. The first-order valence-electron chi connectivity index (χ1n) is 8.45. The molecule has 130 valence electrons. The molecule has 0 fully saturated rings. The van der Waals surface area contributed by atoms with Crippen molar-refractivity contribution in [3.05, 3.63) is 53.9 Å². The van der Waals surface area contributed by atoms with E-state index < -0.39 is 0 Å². The highest BCUT2D eigenvalue weighted by Gasteiger charge is 2.18. The lowest BCUT2D eigenvalue weighted by atomic mass is 10.0. The second kappa shape index (κ2) is 7.01. The zero-order valence-corrected chi connectivity index (χ0v) is 15.0. The Morgan fingerprint density at radius 1 is 1.16 bits per heavy atom. The molecule has 0 radical (unpaired) electrons. The molecule has 2 heterocycles. The van der Waals surface area contributed by atoms with Crippen molar-refractivity contribution in [1.29, 1.82) is 0 Å². The van der Waals surface area contributed by atoms with Gasteiger partial charge in [0.05, 0.1) is 28.7 Å². The summed E-state index contributed by atoms with van der Waals surface area (Å²) in [6.45, 7) is 8.75. The normalized spacial score (nSPS) is 12.5. The third kappa shape index (κ3) is 3.84. The van der Waals surface area contributed by atoms with E-state index in [-0.39, 0.29) is 11.9 Å². The van der Waals surface area contributed by atoms with Gasteiger partial charge in [0.2, 0.25) is 0 Å². The number of nitrogens with zero attached hydrogens (tertiary/aromatic N) is 4. The van der Waals surface area contributed by atoms with Crippen LogP contribution in [0.5, 0.6) is 0 Å². The number of imidazole rings is 1. The smallest absolute Gasteiger partial charge is 0.251 e. The SMILES string of the molecule is Cc1nc2ccc(C(=O)N[C@H](Cn3ccnc3)C(C)C)cc2nc1C. The molecule has 0 saturated heterocycles. The van der Waals surface area contributed by atoms with Gasteiger partial charge in [-0.3, -0.25) is 4.79 Å². The first-order valence-corrected chi connectivity index (χ1v) is 8.45. The number of carbonyl (C=O) groups is 1. The lowest BCUT2D eigenvalue weighted by Gasteiger charge is -2.23. The number of nitrogens with one attached hydrogen (secondary N) is 1. The van der Waals surface area contributed by atoms with Crippen molar-refractivity contribution in [2.45, 2.75) is 40.3 Å². The number of carbonyl (C=O) groups excluding carboxylic acids is 1. The highest BCUT2D eigenvalue weighted by Crippen LogP contribution is 2.15. The van der Waals surface area contributed by atoms with Crippen LogP contribution in [0, 0.1) is 19.8 Å². The molecule has 25 heavy (non-hydrogen) atoms. The van der Waals surface area contributed by atoms with E-state index in [2.05, 4.69) is 34.1 Å². The summed E-state index contributed by atoms with van der Waals surface area (Å²) in [5.74, 6) is 0.206. The van der Waals surface area contributed by atoms with Crippen molar-refractivity contribution in [3.8, 4) is 0 Å². The summed E-state index contributed by atoms with van der Waals surface area (Å²) in [7, 11) is 0. The van der Waals surface area contributed by atoms with Crippen LogP contribution in [-0.4, -0.2) is 31.5 Å². The third-order valence-electron chi connectivity index (χ3n) is 4.43. The third-order valence-corrected chi connectivity index (χ3v) is 4.43. The summed E-state index contributed by atoms with van der Waals surface area (Å²) in [4.78, 5) is 25.8. The summed E-state index contributed by atoms with van der Waals surface area (Å²) in [6.07, 6.45) is 5.40. The Morgan fingerprint density at radius 3 is 2.52 bits per heavy atom. The largest absolute Gasteiger partial charge is 0.347 e. The Kier molecular flexibility index (Phi) is 4.79. The fourth-order valence-electron chi connectivity index (χ4n) is 2.67. The van der Waals surface area contributed by atoms with Gasteiger partial charge >= 0.3 is 0 Å². The number of benzene rings is 1. The summed E-state index contributed by atoms with van der Waals surface area (Å²) < 4.78 is 1.98. The van der Waals surface area contributed by atoms with E-state index in [1.807, 2.05) is 30.7 Å². The molecule has 0 spiro atoms. The van der Waals surface area contributed by atoms with E-state index in [1.165, 1.54) is 0 Å². The summed E-state index contributed by atoms with van der Waals surface area (Å²) >= 11 is 0. The Bertz CT molecular complexity index is 886. The van der Waals surface area contributed by atoms with Crippen LogP contribution in [0.3, 0.4) is 0 Å². The van der Waals surface area contributed by atoms with Crippen molar-refractivity contribution in [2.75, 3.05) is 0 Å². The van der Waals surface area contributed by atoms with E-state index in [9.17, 15) is 4.79 Å². The monoisotopic (exact) mass is 337 g/mol. The Balaban J connectivity index is 1.81. The topological polar surface area (TPSA) is 72.7 Å². The molecule has 0 unspecified atom stereocenters. The maximum absolute atomic E-state index is 12.7. The molecule has 1 atom stereocenters.